The number of hydrogen-bond acceptors (Lipinski definition) is 3. The van der Waals surface area contributed by atoms with Gasteiger partial charge in [-0.3, -0.25) is 13.6 Å². The summed E-state index contributed by atoms with van der Waals surface area (Å²) < 4.78 is 24.5. The standard InChI is InChI=1S/C14H21O3P/c1-11(12-9-7-6-8-10-12)18(15)16-13(2,3)14(4,5)17-18/h6-11H,1-5H3. The fourth-order valence-electron chi connectivity index (χ4n) is 1.95. The van der Waals surface area contributed by atoms with Crippen molar-refractivity contribution < 1.29 is 13.6 Å². The van der Waals surface area contributed by atoms with Crippen LogP contribution in [0, 0.1) is 0 Å². The van der Waals surface area contributed by atoms with Gasteiger partial charge in [0.2, 0.25) is 0 Å². The summed E-state index contributed by atoms with van der Waals surface area (Å²) >= 11 is 0. The Hall–Kier alpha value is -0.630. The Bertz CT molecular complexity index is 459. The summed E-state index contributed by atoms with van der Waals surface area (Å²) in [7, 11) is -3.13. The molecule has 0 aliphatic carbocycles. The van der Waals surface area contributed by atoms with Crippen molar-refractivity contribution in [1.82, 2.24) is 0 Å². The van der Waals surface area contributed by atoms with Crippen molar-refractivity contribution in [2.24, 2.45) is 0 Å². The number of hydrogen-bond donors (Lipinski definition) is 0. The van der Waals surface area contributed by atoms with Crippen LogP contribution in [0.15, 0.2) is 30.3 Å². The zero-order valence-corrected chi connectivity index (χ0v) is 12.5. The molecular weight excluding hydrogens is 247 g/mol. The van der Waals surface area contributed by atoms with Crippen molar-refractivity contribution in [3.05, 3.63) is 35.9 Å². The Kier molecular flexibility index (Phi) is 3.21. The molecule has 1 saturated heterocycles. The first kappa shape index (κ1) is 13.8. The van der Waals surface area contributed by atoms with Crippen molar-refractivity contribution in [2.75, 3.05) is 0 Å². The predicted octanol–water partition coefficient (Wildman–Crippen LogP) is 4.54. The maximum atomic E-state index is 12.9. The van der Waals surface area contributed by atoms with E-state index < -0.39 is 18.8 Å². The molecule has 1 aromatic carbocycles. The summed E-state index contributed by atoms with van der Waals surface area (Å²) in [5, 5.41) is 0. The van der Waals surface area contributed by atoms with E-state index in [0.29, 0.717) is 0 Å². The predicted molar refractivity (Wildman–Crippen MR) is 72.8 cm³/mol. The van der Waals surface area contributed by atoms with Crippen molar-refractivity contribution in [3.8, 4) is 0 Å². The highest BCUT2D eigenvalue weighted by Crippen LogP contribution is 2.71. The van der Waals surface area contributed by atoms with Crippen molar-refractivity contribution in [1.29, 1.82) is 0 Å². The van der Waals surface area contributed by atoms with Crippen LogP contribution in [0.2, 0.25) is 0 Å². The Morgan fingerprint density at radius 1 is 1.00 bits per heavy atom. The topological polar surface area (TPSA) is 35.5 Å². The van der Waals surface area contributed by atoms with E-state index >= 15 is 0 Å². The lowest BCUT2D eigenvalue weighted by atomic mass is 9.90. The van der Waals surface area contributed by atoms with Crippen LogP contribution >= 0.6 is 7.60 Å². The monoisotopic (exact) mass is 268 g/mol. The molecule has 1 unspecified atom stereocenters. The highest BCUT2D eigenvalue weighted by Gasteiger charge is 2.57. The lowest BCUT2D eigenvalue weighted by Gasteiger charge is -2.29. The second-order valence-electron chi connectivity index (χ2n) is 5.83. The van der Waals surface area contributed by atoms with Gasteiger partial charge in [-0.2, -0.15) is 0 Å². The fraction of sp³-hybridized carbons (Fsp3) is 0.571. The maximum Gasteiger partial charge on any atom is 0.339 e. The van der Waals surface area contributed by atoms with Crippen LogP contribution in [-0.4, -0.2) is 11.2 Å². The molecule has 1 aliphatic heterocycles. The average Bonchev–Trinajstić information content (AvgIpc) is 2.44. The minimum absolute atomic E-state index is 0.250. The second-order valence-corrected chi connectivity index (χ2v) is 8.05. The minimum atomic E-state index is -3.13. The normalized spacial score (nSPS) is 25.8. The van der Waals surface area contributed by atoms with Crippen LogP contribution < -0.4 is 0 Å². The molecule has 0 amide bonds. The molecule has 0 aromatic heterocycles. The van der Waals surface area contributed by atoms with E-state index in [0.717, 1.165) is 5.56 Å². The smallest absolute Gasteiger partial charge is 0.299 e. The van der Waals surface area contributed by atoms with E-state index in [1.807, 2.05) is 65.0 Å². The zero-order valence-electron chi connectivity index (χ0n) is 11.6. The summed E-state index contributed by atoms with van der Waals surface area (Å²) in [6.07, 6.45) is 0. The van der Waals surface area contributed by atoms with Gasteiger partial charge < -0.3 is 0 Å². The first-order valence-electron chi connectivity index (χ1n) is 6.24. The molecule has 1 heterocycles. The van der Waals surface area contributed by atoms with Crippen LogP contribution in [0.5, 0.6) is 0 Å². The molecule has 0 radical (unpaired) electrons. The van der Waals surface area contributed by atoms with Crippen LogP contribution in [0.3, 0.4) is 0 Å². The lowest BCUT2D eigenvalue weighted by Crippen LogP contribution is -2.41. The molecular formula is C14H21O3P. The molecule has 100 valence electrons. The van der Waals surface area contributed by atoms with Gasteiger partial charge in [-0.1, -0.05) is 30.3 Å². The molecule has 1 atom stereocenters. The van der Waals surface area contributed by atoms with E-state index in [9.17, 15) is 4.57 Å². The van der Waals surface area contributed by atoms with Crippen LogP contribution in [-0.2, 0) is 13.6 Å². The summed E-state index contributed by atoms with van der Waals surface area (Å²) in [5.74, 6) is 0. The quantitative estimate of drug-likeness (QED) is 0.738. The van der Waals surface area contributed by atoms with E-state index in [2.05, 4.69) is 0 Å². The molecule has 18 heavy (non-hydrogen) atoms. The molecule has 0 N–H and O–H groups in total. The van der Waals surface area contributed by atoms with Gasteiger partial charge in [-0.05, 0) is 40.2 Å². The molecule has 2 rings (SSSR count). The van der Waals surface area contributed by atoms with Crippen molar-refractivity contribution in [3.63, 3.8) is 0 Å². The van der Waals surface area contributed by atoms with Crippen molar-refractivity contribution in [2.45, 2.75) is 51.5 Å². The Balaban J connectivity index is 2.33. The van der Waals surface area contributed by atoms with Gasteiger partial charge in [0.05, 0.1) is 5.66 Å². The van der Waals surface area contributed by atoms with E-state index in [4.69, 9.17) is 9.05 Å². The molecule has 3 nitrogen and oxygen atoms in total. The van der Waals surface area contributed by atoms with Crippen LogP contribution in [0.4, 0.5) is 0 Å². The van der Waals surface area contributed by atoms with Gasteiger partial charge in [-0.15, -0.1) is 0 Å². The van der Waals surface area contributed by atoms with Gasteiger partial charge in [0, 0.05) is 0 Å². The van der Waals surface area contributed by atoms with E-state index in [1.165, 1.54) is 0 Å². The molecule has 1 aliphatic rings. The summed E-state index contributed by atoms with van der Waals surface area (Å²) in [4.78, 5) is 0. The van der Waals surface area contributed by atoms with E-state index in [-0.39, 0.29) is 5.66 Å². The minimum Gasteiger partial charge on any atom is -0.299 e. The highest BCUT2D eigenvalue weighted by atomic mass is 31.2. The largest absolute Gasteiger partial charge is 0.339 e. The fourth-order valence-corrected chi connectivity index (χ4v) is 4.55. The van der Waals surface area contributed by atoms with Gasteiger partial charge >= 0.3 is 7.60 Å². The van der Waals surface area contributed by atoms with Crippen LogP contribution in [0.1, 0.15) is 45.8 Å². The highest BCUT2D eigenvalue weighted by molar-refractivity contribution is 7.54. The average molecular weight is 268 g/mol. The third-order valence-electron chi connectivity index (χ3n) is 3.92. The van der Waals surface area contributed by atoms with Gasteiger partial charge in [0.25, 0.3) is 0 Å². The zero-order chi connectivity index (χ0) is 13.6. The number of rotatable bonds is 2. The lowest BCUT2D eigenvalue weighted by molar-refractivity contribution is 0.00578. The summed E-state index contributed by atoms with van der Waals surface area (Å²) in [5.41, 5.74) is -0.369. The second kappa shape index (κ2) is 4.19. The molecule has 1 fully saturated rings. The van der Waals surface area contributed by atoms with Crippen molar-refractivity contribution >= 4 is 7.60 Å². The molecule has 0 saturated carbocycles. The third kappa shape index (κ3) is 2.16. The SMILES string of the molecule is CC(c1ccccc1)P1(=O)OC(C)(C)C(C)(C)O1. The van der Waals surface area contributed by atoms with Gasteiger partial charge in [-0.25, -0.2) is 0 Å². The first-order chi connectivity index (χ1) is 8.18. The van der Waals surface area contributed by atoms with E-state index in [1.54, 1.807) is 0 Å². The molecule has 0 spiro atoms. The Labute approximate surface area is 109 Å². The third-order valence-corrected chi connectivity index (χ3v) is 6.59. The van der Waals surface area contributed by atoms with Crippen LogP contribution in [0.25, 0.3) is 0 Å². The van der Waals surface area contributed by atoms with Gasteiger partial charge in [0.15, 0.2) is 0 Å². The van der Waals surface area contributed by atoms with Gasteiger partial charge in [0.1, 0.15) is 11.2 Å². The Morgan fingerprint density at radius 3 is 1.89 bits per heavy atom. The molecule has 4 heteroatoms. The summed E-state index contributed by atoms with van der Waals surface area (Å²) in [6.45, 7) is 9.58. The number of benzene rings is 1. The first-order valence-corrected chi connectivity index (χ1v) is 7.85. The molecule has 0 bridgehead atoms. The molecule has 1 aromatic rings. The Morgan fingerprint density at radius 2 is 1.44 bits per heavy atom. The summed E-state index contributed by atoms with van der Waals surface area (Å²) in [6, 6.07) is 9.72. The maximum absolute atomic E-state index is 12.9.